The lowest BCUT2D eigenvalue weighted by Crippen LogP contribution is -2.28. The number of esters is 4. The van der Waals surface area contributed by atoms with Crippen LogP contribution >= 0.6 is 0 Å². The zero-order chi connectivity index (χ0) is 28.2. The summed E-state index contributed by atoms with van der Waals surface area (Å²) in [6.07, 6.45) is 16.5. The average Bonchev–Trinajstić information content (AvgIpc) is 2.90. The lowest BCUT2D eigenvalue weighted by atomic mass is 9.98. The molecule has 2 aliphatic carbocycles. The predicted molar refractivity (Wildman–Crippen MR) is 145 cm³/mol. The van der Waals surface area contributed by atoms with Gasteiger partial charge in [0.2, 0.25) is 0 Å². The van der Waals surface area contributed by atoms with Crippen molar-refractivity contribution < 1.29 is 38.1 Å². The van der Waals surface area contributed by atoms with Crippen LogP contribution in [0.25, 0.3) is 0 Å². The molecule has 0 aromatic carbocycles. The van der Waals surface area contributed by atoms with Crippen LogP contribution in [0, 0.1) is 11.8 Å². The minimum absolute atomic E-state index is 0.0234. The second kappa shape index (κ2) is 20.3. The first-order chi connectivity index (χ1) is 18.3. The van der Waals surface area contributed by atoms with E-state index in [0.29, 0.717) is 18.9 Å². The summed E-state index contributed by atoms with van der Waals surface area (Å²) in [6.45, 7) is 9.95. The summed E-state index contributed by atoms with van der Waals surface area (Å²) in [5.74, 6) is -2.20. The number of carbonyl (C=O) groups is 4. The minimum atomic E-state index is -0.804. The second-order valence-corrected chi connectivity index (χ2v) is 10.3. The van der Waals surface area contributed by atoms with Crippen LogP contribution in [0.2, 0.25) is 0 Å². The fraction of sp³-hybridized carbons (Fsp3) is 0.733. The first kappa shape index (κ1) is 33.4. The van der Waals surface area contributed by atoms with Crippen molar-refractivity contribution in [1.82, 2.24) is 0 Å². The van der Waals surface area contributed by atoms with Gasteiger partial charge in [0, 0.05) is 12.2 Å². The summed E-state index contributed by atoms with van der Waals surface area (Å²) in [6, 6.07) is 0. The van der Waals surface area contributed by atoms with Crippen LogP contribution in [0.15, 0.2) is 24.8 Å². The van der Waals surface area contributed by atoms with Gasteiger partial charge in [-0.3, -0.25) is 9.59 Å². The Kier molecular flexibility index (Phi) is 17.9. The van der Waals surface area contributed by atoms with Gasteiger partial charge in [-0.25, -0.2) is 9.59 Å². The van der Waals surface area contributed by atoms with Gasteiger partial charge in [0.15, 0.2) is 5.92 Å². The normalized spacial score (nSPS) is 17.2. The third kappa shape index (κ3) is 15.6. The number of hydrogen-bond acceptors (Lipinski definition) is 8. The van der Waals surface area contributed by atoms with Crippen molar-refractivity contribution in [1.29, 1.82) is 0 Å². The number of hydrogen-bond donors (Lipinski definition) is 0. The molecule has 0 amide bonds. The molecule has 0 aliphatic heterocycles. The van der Waals surface area contributed by atoms with Crippen LogP contribution in [-0.4, -0.2) is 49.3 Å². The van der Waals surface area contributed by atoms with E-state index in [4.69, 9.17) is 18.9 Å². The third-order valence-electron chi connectivity index (χ3n) is 6.45. The molecule has 1 atom stereocenters. The van der Waals surface area contributed by atoms with Gasteiger partial charge in [-0.05, 0) is 70.1 Å². The van der Waals surface area contributed by atoms with E-state index < -0.39 is 29.8 Å². The molecule has 38 heavy (non-hydrogen) atoms. The van der Waals surface area contributed by atoms with E-state index >= 15 is 0 Å². The van der Waals surface area contributed by atoms with Gasteiger partial charge in [-0.15, -0.1) is 0 Å². The Morgan fingerprint density at radius 3 is 1.66 bits per heavy atom. The Morgan fingerprint density at radius 1 is 0.763 bits per heavy atom. The summed E-state index contributed by atoms with van der Waals surface area (Å²) in [4.78, 5) is 46.6. The molecule has 2 saturated carbocycles. The maximum atomic E-state index is 11.8. The molecule has 2 aliphatic rings. The fourth-order valence-corrected chi connectivity index (χ4v) is 4.27. The Morgan fingerprint density at radius 2 is 1.24 bits per heavy atom. The summed E-state index contributed by atoms with van der Waals surface area (Å²) in [5, 5.41) is 0. The van der Waals surface area contributed by atoms with Crippen molar-refractivity contribution in [3.05, 3.63) is 24.8 Å². The maximum Gasteiger partial charge on any atom is 0.331 e. The molecule has 0 spiro atoms. The van der Waals surface area contributed by atoms with E-state index in [1.165, 1.54) is 31.1 Å². The van der Waals surface area contributed by atoms with E-state index in [2.05, 4.69) is 20.4 Å². The molecule has 0 radical (unpaired) electrons. The first-order valence-electron chi connectivity index (χ1n) is 14.3. The monoisotopic (exact) mass is 536 g/mol. The van der Waals surface area contributed by atoms with Crippen LogP contribution in [0.4, 0.5) is 0 Å². The van der Waals surface area contributed by atoms with Crippen molar-refractivity contribution in [3.8, 4) is 0 Å². The molecule has 2 fully saturated rings. The van der Waals surface area contributed by atoms with E-state index in [0.717, 1.165) is 64.2 Å². The summed E-state index contributed by atoms with van der Waals surface area (Å²) in [7, 11) is 0. The van der Waals surface area contributed by atoms with Crippen molar-refractivity contribution in [2.75, 3.05) is 13.2 Å². The molecule has 8 heteroatoms. The highest BCUT2D eigenvalue weighted by Crippen LogP contribution is 2.21. The molecule has 0 saturated heterocycles. The zero-order valence-electron chi connectivity index (χ0n) is 23.6. The quantitative estimate of drug-likeness (QED) is 0.0926. The summed E-state index contributed by atoms with van der Waals surface area (Å²) in [5.41, 5.74) is 0. The highest BCUT2D eigenvalue weighted by Gasteiger charge is 2.28. The zero-order valence-corrected chi connectivity index (χ0v) is 23.6. The largest absolute Gasteiger partial charge is 0.465 e. The van der Waals surface area contributed by atoms with Gasteiger partial charge in [-0.1, -0.05) is 52.7 Å². The van der Waals surface area contributed by atoms with Crippen LogP contribution in [-0.2, 0) is 38.1 Å². The van der Waals surface area contributed by atoms with E-state index in [1.807, 2.05) is 6.92 Å². The number of rotatable bonds is 13. The lowest BCUT2D eigenvalue weighted by Gasteiger charge is -2.21. The van der Waals surface area contributed by atoms with Crippen molar-refractivity contribution in [2.24, 2.45) is 11.8 Å². The van der Waals surface area contributed by atoms with Gasteiger partial charge in [-0.2, -0.15) is 0 Å². The topological polar surface area (TPSA) is 105 Å². The average molecular weight is 537 g/mol. The van der Waals surface area contributed by atoms with Crippen molar-refractivity contribution in [2.45, 2.75) is 116 Å². The first-order valence-corrected chi connectivity index (χ1v) is 14.3. The smallest absolute Gasteiger partial charge is 0.331 e. The second-order valence-electron chi connectivity index (χ2n) is 10.3. The predicted octanol–water partition coefficient (Wildman–Crippen LogP) is 6.02. The molecule has 0 N–H and O–H groups in total. The molecule has 0 aromatic heterocycles. The van der Waals surface area contributed by atoms with Crippen LogP contribution < -0.4 is 0 Å². The van der Waals surface area contributed by atoms with Gasteiger partial charge in [0.05, 0.1) is 6.61 Å². The van der Waals surface area contributed by atoms with E-state index in [-0.39, 0.29) is 18.8 Å². The molecule has 216 valence electrons. The van der Waals surface area contributed by atoms with E-state index in [9.17, 15) is 19.2 Å². The summed E-state index contributed by atoms with van der Waals surface area (Å²) >= 11 is 0. The van der Waals surface area contributed by atoms with Gasteiger partial charge in [0.25, 0.3) is 0 Å². The highest BCUT2D eigenvalue weighted by molar-refractivity contribution is 5.95. The molecular weight excluding hydrogens is 488 g/mol. The Hall–Kier alpha value is -2.64. The van der Waals surface area contributed by atoms with Crippen LogP contribution in [0.5, 0.6) is 0 Å². The Labute approximate surface area is 228 Å². The van der Waals surface area contributed by atoms with Crippen LogP contribution in [0.3, 0.4) is 0 Å². The third-order valence-corrected chi connectivity index (χ3v) is 6.45. The number of carbonyl (C=O) groups excluding carboxylic acids is 4. The van der Waals surface area contributed by atoms with Gasteiger partial charge >= 0.3 is 23.9 Å². The van der Waals surface area contributed by atoms with Crippen LogP contribution in [0.1, 0.15) is 104 Å². The minimum Gasteiger partial charge on any atom is -0.465 e. The molecule has 1 unspecified atom stereocenters. The maximum absolute atomic E-state index is 11.8. The summed E-state index contributed by atoms with van der Waals surface area (Å²) < 4.78 is 20.6. The number of ether oxygens (including phenoxy) is 4. The fourth-order valence-electron chi connectivity index (χ4n) is 4.27. The molecular formula is C30H48O8. The Bertz CT molecular complexity index is 711. The van der Waals surface area contributed by atoms with Gasteiger partial charge in [0.1, 0.15) is 18.8 Å². The molecule has 0 bridgehead atoms. The lowest BCUT2D eigenvalue weighted by molar-refractivity contribution is -0.162. The highest BCUT2D eigenvalue weighted by atomic mass is 16.6. The van der Waals surface area contributed by atoms with Crippen molar-refractivity contribution >= 4 is 23.9 Å². The SMILES string of the molecule is C=CCOC(=O)C(CCC)C(=O)OCCC(C)C.O=C(/C=C\C(=O)OC1CCCCC1)OC1CCCCC1. The van der Waals surface area contributed by atoms with E-state index in [1.54, 1.807) is 0 Å². The Balaban J connectivity index is 0.000000383. The standard InChI is InChI=1S/C16H24O4.C14H24O4/c17-15(19-13-7-3-1-4-8-13)11-12-16(18)20-14-9-5-2-6-10-14;1-5-7-12(13(15)17-9-6-2)14(16)18-10-8-11(3)4/h11-14H,1-10H2;6,11-12H,2,5,7-10H2,1,3-4H3/b12-11-;. The molecule has 2 rings (SSSR count). The molecule has 0 aromatic rings. The molecule has 8 nitrogen and oxygen atoms in total. The van der Waals surface area contributed by atoms with Gasteiger partial charge < -0.3 is 18.9 Å². The molecule has 0 heterocycles. The van der Waals surface area contributed by atoms with Crippen molar-refractivity contribution in [3.63, 3.8) is 0 Å².